The van der Waals surface area contributed by atoms with Crippen molar-refractivity contribution in [2.45, 2.75) is 18.8 Å². The summed E-state index contributed by atoms with van der Waals surface area (Å²) >= 11 is 5.89. The summed E-state index contributed by atoms with van der Waals surface area (Å²) in [7, 11) is 0. The van der Waals surface area contributed by atoms with E-state index in [9.17, 15) is 13.2 Å². The summed E-state index contributed by atoms with van der Waals surface area (Å²) in [5, 5.41) is 3.43. The van der Waals surface area contributed by atoms with Crippen molar-refractivity contribution in [1.82, 2.24) is 15.2 Å². The summed E-state index contributed by atoms with van der Waals surface area (Å²) in [5.41, 5.74) is 0.895. The molecule has 8 heteroatoms. The van der Waals surface area contributed by atoms with Gasteiger partial charge < -0.3 is 5.32 Å². The lowest BCUT2D eigenvalue weighted by atomic mass is 10.0. The zero-order valence-electron chi connectivity index (χ0n) is 13.3. The van der Waals surface area contributed by atoms with Gasteiger partial charge in [-0.25, -0.2) is 0 Å². The van der Waals surface area contributed by atoms with E-state index in [1.165, 1.54) is 6.07 Å². The van der Waals surface area contributed by atoms with Crippen molar-refractivity contribution in [3.05, 3.63) is 64.4 Å². The number of piperazine rings is 1. The summed E-state index contributed by atoms with van der Waals surface area (Å²) in [4.78, 5) is 6.29. The van der Waals surface area contributed by atoms with Gasteiger partial charge in [-0.15, -0.1) is 12.4 Å². The molecule has 136 valence electrons. The van der Waals surface area contributed by atoms with Crippen molar-refractivity contribution in [3.63, 3.8) is 0 Å². The third kappa shape index (κ3) is 5.07. The first kappa shape index (κ1) is 20.0. The highest BCUT2D eigenvalue weighted by atomic mass is 35.5. The van der Waals surface area contributed by atoms with E-state index in [4.69, 9.17) is 11.6 Å². The van der Waals surface area contributed by atoms with Crippen LogP contribution in [0.25, 0.3) is 0 Å². The van der Waals surface area contributed by atoms with Gasteiger partial charge in [0, 0.05) is 49.6 Å². The van der Waals surface area contributed by atoms with Crippen LogP contribution in [0.15, 0.2) is 42.7 Å². The lowest BCUT2D eigenvalue weighted by Gasteiger charge is -2.36. The molecule has 25 heavy (non-hydrogen) atoms. The number of hydrogen-bond donors (Lipinski definition) is 1. The number of halogens is 5. The Balaban J connectivity index is 0.00000225. The predicted octanol–water partition coefficient (Wildman–Crippen LogP) is 4.32. The highest BCUT2D eigenvalue weighted by molar-refractivity contribution is 6.30. The second-order valence-electron chi connectivity index (χ2n) is 5.82. The molecule has 1 saturated heterocycles. The van der Waals surface area contributed by atoms with E-state index in [1.54, 1.807) is 18.5 Å². The van der Waals surface area contributed by atoms with E-state index in [-0.39, 0.29) is 23.5 Å². The van der Waals surface area contributed by atoms with Gasteiger partial charge in [0.15, 0.2) is 0 Å². The van der Waals surface area contributed by atoms with Gasteiger partial charge in [0.25, 0.3) is 0 Å². The Bertz CT molecular complexity index is 695. The van der Waals surface area contributed by atoms with Crippen LogP contribution in [0, 0.1) is 0 Å². The number of aromatic nitrogens is 1. The number of nitrogens with one attached hydrogen (secondary N) is 1. The lowest BCUT2D eigenvalue weighted by Crippen LogP contribution is -2.45. The van der Waals surface area contributed by atoms with Crippen LogP contribution in [0.2, 0.25) is 5.02 Å². The van der Waals surface area contributed by atoms with Gasteiger partial charge in [0.1, 0.15) is 0 Å². The molecule has 1 aromatic carbocycles. The fourth-order valence-corrected chi connectivity index (χ4v) is 3.23. The van der Waals surface area contributed by atoms with Gasteiger partial charge in [-0.2, -0.15) is 13.2 Å². The SMILES string of the molecule is Cl.FC(F)(F)c1cc(Cl)cc(CN2CCNCC2c2cccnc2)c1. The zero-order chi connectivity index (χ0) is 17.2. The van der Waals surface area contributed by atoms with Crippen molar-refractivity contribution in [1.29, 1.82) is 0 Å². The van der Waals surface area contributed by atoms with Crippen molar-refractivity contribution < 1.29 is 13.2 Å². The fourth-order valence-electron chi connectivity index (χ4n) is 2.98. The summed E-state index contributed by atoms with van der Waals surface area (Å²) in [6.45, 7) is 2.68. The maximum absolute atomic E-state index is 13.0. The van der Waals surface area contributed by atoms with Gasteiger partial charge in [-0.1, -0.05) is 17.7 Å². The normalized spacial score (nSPS) is 18.6. The maximum Gasteiger partial charge on any atom is 0.416 e. The molecule has 1 unspecified atom stereocenters. The van der Waals surface area contributed by atoms with Gasteiger partial charge in [0.2, 0.25) is 0 Å². The van der Waals surface area contributed by atoms with Gasteiger partial charge >= 0.3 is 6.18 Å². The third-order valence-electron chi connectivity index (χ3n) is 4.09. The average Bonchev–Trinajstić information content (AvgIpc) is 2.55. The molecule has 0 spiro atoms. The van der Waals surface area contributed by atoms with E-state index in [0.29, 0.717) is 12.1 Å². The van der Waals surface area contributed by atoms with Gasteiger partial charge in [0.05, 0.1) is 5.56 Å². The molecular formula is C17H18Cl2F3N3. The van der Waals surface area contributed by atoms with Crippen molar-refractivity contribution in [2.75, 3.05) is 19.6 Å². The Morgan fingerprint density at radius 2 is 2.08 bits per heavy atom. The number of hydrogen-bond acceptors (Lipinski definition) is 3. The number of pyridine rings is 1. The van der Waals surface area contributed by atoms with Crippen LogP contribution in [0.5, 0.6) is 0 Å². The summed E-state index contributed by atoms with van der Waals surface area (Å²) in [6, 6.07) is 7.65. The smallest absolute Gasteiger partial charge is 0.314 e. The highest BCUT2D eigenvalue weighted by Crippen LogP contribution is 2.33. The topological polar surface area (TPSA) is 28.2 Å². The Morgan fingerprint density at radius 3 is 2.76 bits per heavy atom. The molecule has 2 heterocycles. The van der Waals surface area contributed by atoms with Crippen LogP contribution < -0.4 is 5.32 Å². The zero-order valence-corrected chi connectivity index (χ0v) is 14.8. The van der Waals surface area contributed by atoms with Crippen molar-refractivity contribution >= 4 is 24.0 Å². The maximum atomic E-state index is 13.0. The number of benzene rings is 1. The Labute approximate surface area is 155 Å². The monoisotopic (exact) mass is 391 g/mol. The number of rotatable bonds is 3. The van der Waals surface area contributed by atoms with Gasteiger partial charge in [-0.05, 0) is 35.4 Å². The third-order valence-corrected chi connectivity index (χ3v) is 4.31. The quantitative estimate of drug-likeness (QED) is 0.844. The number of nitrogens with zero attached hydrogens (tertiary/aromatic N) is 2. The van der Waals surface area contributed by atoms with E-state index >= 15 is 0 Å². The average molecular weight is 392 g/mol. The van der Waals surface area contributed by atoms with Crippen LogP contribution in [-0.2, 0) is 12.7 Å². The molecule has 0 amide bonds. The molecule has 0 bridgehead atoms. The summed E-state index contributed by atoms with van der Waals surface area (Å²) in [5.74, 6) is 0. The Kier molecular flexibility index (Phi) is 6.68. The molecule has 1 N–H and O–H groups in total. The largest absolute Gasteiger partial charge is 0.416 e. The molecule has 1 aliphatic rings. The van der Waals surface area contributed by atoms with Gasteiger partial charge in [-0.3, -0.25) is 9.88 Å². The minimum absolute atomic E-state index is 0. The van der Waals surface area contributed by atoms with E-state index in [1.807, 2.05) is 12.1 Å². The summed E-state index contributed by atoms with van der Waals surface area (Å²) in [6.07, 6.45) is -0.897. The molecule has 0 radical (unpaired) electrons. The molecule has 0 saturated carbocycles. The Hall–Kier alpha value is -1.34. The molecule has 1 fully saturated rings. The lowest BCUT2D eigenvalue weighted by molar-refractivity contribution is -0.137. The minimum Gasteiger partial charge on any atom is -0.314 e. The molecule has 1 atom stereocenters. The first-order valence-corrected chi connectivity index (χ1v) is 8.02. The second-order valence-corrected chi connectivity index (χ2v) is 6.26. The molecule has 3 nitrogen and oxygen atoms in total. The van der Waals surface area contributed by atoms with Crippen LogP contribution in [-0.4, -0.2) is 29.5 Å². The molecule has 1 aromatic heterocycles. The van der Waals surface area contributed by atoms with Crippen LogP contribution in [0.4, 0.5) is 13.2 Å². The first-order valence-electron chi connectivity index (χ1n) is 7.65. The minimum atomic E-state index is -4.40. The van der Waals surface area contributed by atoms with Crippen LogP contribution >= 0.6 is 24.0 Å². The molecule has 2 aromatic rings. The van der Waals surface area contributed by atoms with E-state index in [0.717, 1.165) is 31.3 Å². The summed E-state index contributed by atoms with van der Waals surface area (Å²) < 4.78 is 38.9. The second kappa shape index (κ2) is 8.36. The van der Waals surface area contributed by atoms with Crippen molar-refractivity contribution in [2.24, 2.45) is 0 Å². The predicted molar refractivity (Wildman–Crippen MR) is 94.0 cm³/mol. The molecular weight excluding hydrogens is 374 g/mol. The first-order chi connectivity index (χ1) is 11.4. The standard InChI is InChI=1S/C17H17ClF3N3.ClH/c18-15-7-12(6-14(8-15)17(19,20)21)11-24-5-4-23-10-16(24)13-2-1-3-22-9-13;/h1-3,6-9,16,23H,4-5,10-11H2;1H. The molecule has 0 aliphatic carbocycles. The van der Waals surface area contributed by atoms with E-state index in [2.05, 4.69) is 15.2 Å². The van der Waals surface area contributed by atoms with Crippen molar-refractivity contribution in [3.8, 4) is 0 Å². The highest BCUT2D eigenvalue weighted by Gasteiger charge is 2.31. The molecule has 1 aliphatic heterocycles. The molecule has 3 rings (SSSR count). The van der Waals surface area contributed by atoms with Crippen LogP contribution in [0.1, 0.15) is 22.7 Å². The van der Waals surface area contributed by atoms with Crippen LogP contribution in [0.3, 0.4) is 0 Å². The Morgan fingerprint density at radius 1 is 1.28 bits per heavy atom. The van der Waals surface area contributed by atoms with E-state index < -0.39 is 11.7 Å². The number of alkyl halides is 3. The fraction of sp³-hybridized carbons (Fsp3) is 0.353.